The van der Waals surface area contributed by atoms with Gasteiger partial charge < -0.3 is 15.5 Å². The third-order valence-corrected chi connectivity index (χ3v) is 10.2. The number of hydrogen-bond donors (Lipinski definition) is 3. The number of unbranched alkanes of at least 4 members (excludes halogenated alkanes) is 26. The number of aliphatic hydroxyl groups excluding tert-OH is 2. The molecule has 0 bridgehead atoms. The topological polar surface area (TPSA) is 69.6 Å². The van der Waals surface area contributed by atoms with Crippen molar-refractivity contribution in [3.63, 3.8) is 0 Å². The van der Waals surface area contributed by atoms with Gasteiger partial charge in [-0.05, 0) is 77.0 Å². The Balaban J connectivity index is 3.66. The number of amides is 1. The summed E-state index contributed by atoms with van der Waals surface area (Å²) in [6, 6.07) is -0.651. The van der Waals surface area contributed by atoms with E-state index in [1.807, 2.05) is 6.08 Å². The molecule has 0 heterocycles. The second-order valence-corrected chi connectivity index (χ2v) is 15.4. The second-order valence-electron chi connectivity index (χ2n) is 15.4. The number of rotatable bonds is 41. The zero-order valence-electron chi connectivity index (χ0n) is 35.3. The summed E-state index contributed by atoms with van der Waals surface area (Å²) in [4.78, 5) is 12.4. The van der Waals surface area contributed by atoms with Crippen LogP contribution in [0.3, 0.4) is 0 Å². The Morgan fingerprint density at radius 3 is 1.23 bits per heavy atom. The van der Waals surface area contributed by atoms with Crippen LogP contribution >= 0.6 is 0 Å². The number of allylic oxidation sites excluding steroid dienone is 9. The summed E-state index contributed by atoms with van der Waals surface area (Å²) in [6.45, 7) is 4.28. The Morgan fingerprint density at radius 2 is 0.792 bits per heavy atom. The molecular weight excluding hydrogens is 651 g/mol. The molecule has 0 rings (SSSR count). The smallest absolute Gasteiger partial charge is 0.220 e. The van der Waals surface area contributed by atoms with Crippen molar-refractivity contribution in [1.82, 2.24) is 5.32 Å². The fourth-order valence-corrected chi connectivity index (χ4v) is 6.65. The van der Waals surface area contributed by atoms with Crippen molar-refractivity contribution in [2.75, 3.05) is 6.61 Å². The number of aliphatic hydroxyl groups is 2. The molecule has 0 aliphatic rings. The maximum absolute atomic E-state index is 12.4. The minimum Gasteiger partial charge on any atom is -0.394 e. The standard InChI is InChI=1S/C49H89NO3/c1-3-5-7-9-11-13-15-17-19-21-23-24-25-26-27-28-30-32-34-36-38-40-42-44-48(52)47(46-51)50-49(53)45-43-41-39-37-35-33-31-29-22-20-18-16-14-12-10-8-6-4-2/h14,16,20,22,27-28,34,36,42,44,47-48,51-52H,3-13,15,17-19,21,23-26,29-33,35,37-41,43,45-46H2,1-2H3,(H,50,53)/b16-14-,22-20-,28-27+,36-34+,44-42+. The van der Waals surface area contributed by atoms with Gasteiger partial charge in [0.25, 0.3) is 0 Å². The van der Waals surface area contributed by atoms with Crippen molar-refractivity contribution >= 4 is 5.91 Å². The van der Waals surface area contributed by atoms with Crippen molar-refractivity contribution in [2.45, 2.75) is 238 Å². The highest BCUT2D eigenvalue weighted by Gasteiger charge is 2.17. The van der Waals surface area contributed by atoms with E-state index in [0.29, 0.717) is 6.42 Å². The third-order valence-electron chi connectivity index (χ3n) is 10.2. The average molecular weight is 740 g/mol. The molecule has 0 aliphatic carbocycles. The van der Waals surface area contributed by atoms with Crippen LogP contribution in [-0.4, -0.2) is 34.9 Å². The first-order valence-electron chi connectivity index (χ1n) is 23.0. The van der Waals surface area contributed by atoms with Gasteiger partial charge in [0.2, 0.25) is 5.91 Å². The fraction of sp³-hybridized carbons (Fsp3) is 0.776. The fourth-order valence-electron chi connectivity index (χ4n) is 6.65. The van der Waals surface area contributed by atoms with E-state index < -0.39 is 12.1 Å². The van der Waals surface area contributed by atoms with Gasteiger partial charge in [-0.25, -0.2) is 0 Å². The number of carbonyl (C=O) groups excluding carboxylic acids is 1. The van der Waals surface area contributed by atoms with Gasteiger partial charge in [0, 0.05) is 6.42 Å². The molecule has 53 heavy (non-hydrogen) atoms. The molecule has 0 aromatic heterocycles. The van der Waals surface area contributed by atoms with Crippen LogP contribution in [0.1, 0.15) is 226 Å². The molecule has 0 radical (unpaired) electrons. The zero-order chi connectivity index (χ0) is 38.6. The van der Waals surface area contributed by atoms with Gasteiger partial charge >= 0.3 is 0 Å². The van der Waals surface area contributed by atoms with Crippen LogP contribution in [0.25, 0.3) is 0 Å². The van der Waals surface area contributed by atoms with E-state index in [2.05, 4.69) is 67.8 Å². The summed E-state index contributed by atoms with van der Waals surface area (Å²) in [5, 5.41) is 23.0. The van der Waals surface area contributed by atoms with Crippen LogP contribution in [0.4, 0.5) is 0 Å². The first-order valence-corrected chi connectivity index (χ1v) is 23.0. The predicted octanol–water partition coefficient (Wildman–Crippen LogP) is 14.5. The molecule has 3 N–H and O–H groups in total. The maximum atomic E-state index is 12.4. The molecule has 0 aromatic rings. The van der Waals surface area contributed by atoms with Crippen LogP contribution in [0.15, 0.2) is 60.8 Å². The molecule has 0 fully saturated rings. The Kier molecular flexibility index (Phi) is 42.9. The lowest BCUT2D eigenvalue weighted by molar-refractivity contribution is -0.123. The highest BCUT2D eigenvalue weighted by molar-refractivity contribution is 5.76. The molecule has 0 aliphatic heterocycles. The van der Waals surface area contributed by atoms with Crippen molar-refractivity contribution in [3.05, 3.63) is 60.8 Å². The van der Waals surface area contributed by atoms with Crippen LogP contribution in [0, 0.1) is 0 Å². The van der Waals surface area contributed by atoms with E-state index >= 15 is 0 Å². The molecule has 0 aromatic carbocycles. The molecular formula is C49H89NO3. The van der Waals surface area contributed by atoms with Gasteiger partial charge in [-0.15, -0.1) is 0 Å². The largest absolute Gasteiger partial charge is 0.394 e. The average Bonchev–Trinajstić information content (AvgIpc) is 3.16. The monoisotopic (exact) mass is 740 g/mol. The lowest BCUT2D eigenvalue weighted by Gasteiger charge is -2.19. The van der Waals surface area contributed by atoms with E-state index in [1.165, 1.54) is 154 Å². The second kappa shape index (κ2) is 44.5. The predicted molar refractivity (Wildman–Crippen MR) is 234 cm³/mol. The van der Waals surface area contributed by atoms with E-state index in [-0.39, 0.29) is 12.5 Å². The molecule has 0 saturated carbocycles. The van der Waals surface area contributed by atoms with E-state index in [4.69, 9.17) is 0 Å². The summed E-state index contributed by atoms with van der Waals surface area (Å²) in [5.74, 6) is -0.0871. The van der Waals surface area contributed by atoms with Crippen molar-refractivity contribution < 1.29 is 15.0 Å². The molecule has 0 saturated heterocycles. The Morgan fingerprint density at radius 1 is 0.453 bits per heavy atom. The molecule has 1 amide bonds. The highest BCUT2D eigenvalue weighted by atomic mass is 16.3. The van der Waals surface area contributed by atoms with Crippen LogP contribution < -0.4 is 5.32 Å². The zero-order valence-corrected chi connectivity index (χ0v) is 35.3. The lowest BCUT2D eigenvalue weighted by Crippen LogP contribution is -2.45. The normalized spacial score (nSPS) is 13.5. The van der Waals surface area contributed by atoms with Crippen LogP contribution in [0.5, 0.6) is 0 Å². The van der Waals surface area contributed by atoms with Gasteiger partial charge in [-0.3, -0.25) is 4.79 Å². The maximum Gasteiger partial charge on any atom is 0.220 e. The molecule has 4 heteroatoms. The highest BCUT2D eigenvalue weighted by Crippen LogP contribution is 2.14. The van der Waals surface area contributed by atoms with Gasteiger partial charge in [0.1, 0.15) is 0 Å². The SMILES string of the molecule is CCCCCC/C=C\C/C=C\CCCCCCCCCC(=O)NC(CO)C(O)/C=C/CC/C=C/CC/C=C/CCCCCCCCCCCCCCC. The van der Waals surface area contributed by atoms with Crippen molar-refractivity contribution in [1.29, 1.82) is 0 Å². The van der Waals surface area contributed by atoms with Gasteiger partial charge in [-0.1, -0.05) is 203 Å². The molecule has 4 nitrogen and oxygen atoms in total. The van der Waals surface area contributed by atoms with Crippen molar-refractivity contribution in [2.24, 2.45) is 0 Å². The van der Waals surface area contributed by atoms with Gasteiger partial charge in [0.15, 0.2) is 0 Å². The minimum atomic E-state index is -0.875. The summed E-state index contributed by atoms with van der Waals surface area (Å²) in [7, 11) is 0. The first kappa shape index (κ1) is 51.1. The molecule has 2 atom stereocenters. The number of nitrogens with one attached hydrogen (secondary N) is 1. The molecule has 2 unspecified atom stereocenters. The van der Waals surface area contributed by atoms with Gasteiger partial charge in [0.05, 0.1) is 18.8 Å². The van der Waals surface area contributed by atoms with Crippen LogP contribution in [0.2, 0.25) is 0 Å². The van der Waals surface area contributed by atoms with E-state index in [9.17, 15) is 15.0 Å². The van der Waals surface area contributed by atoms with E-state index in [1.54, 1.807) is 6.08 Å². The summed E-state index contributed by atoms with van der Waals surface area (Å²) in [5.41, 5.74) is 0. The quantitative estimate of drug-likeness (QED) is 0.0432. The number of carbonyl (C=O) groups is 1. The lowest BCUT2D eigenvalue weighted by atomic mass is 10.0. The van der Waals surface area contributed by atoms with E-state index in [0.717, 1.165) is 51.4 Å². The third kappa shape index (κ3) is 41.1. The van der Waals surface area contributed by atoms with Crippen molar-refractivity contribution in [3.8, 4) is 0 Å². The Labute approximate surface area is 330 Å². The molecule has 0 spiro atoms. The Hall–Kier alpha value is -1.91. The summed E-state index contributed by atoms with van der Waals surface area (Å²) < 4.78 is 0. The Bertz CT molecular complexity index is 888. The minimum absolute atomic E-state index is 0.0871. The van der Waals surface area contributed by atoms with Gasteiger partial charge in [-0.2, -0.15) is 0 Å². The number of hydrogen-bond acceptors (Lipinski definition) is 3. The van der Waals surface area contributed by atoms with Crippen LogP contribution in [-0.2, 0) is 4.79 Å². The molecule has 308 valence electrons. The summed E-state index contributed by atoms with van der Waals surface area (Å²) >= 11 is 0. The first-order chi connectivity index (χ1) is 26.2. The summed E-state index contributed by atoms with van der Waals surface area (Å²) in [6.07, 6.45) is 61.9.